The molecule has 0 aromatic rings. The summed E-state index contributed by atoms with van der Waals surface area (Å²) in [5, 5.41) is 0. The minimum atomic E-state index is -0.375. The topological polar surface area (TPSA) is 48.1 Å². The van der Waals surface area contributed by atoms with Gasteiger partial charge in [-0.05, 0) is 49.5 Å². The Balaban J connectivity index is 1.37. The summed E-state index contributed by atoms with van der Waals surface area (Å²) in [4.78, 5) is 12.5. The highest BCUT2D eigenvalue weighted by Gasteiger charge is 2.79. The Labute approximate surface area is 142 Å². The zero-order valence-corrected chi connectivity index (χ0v) is 14.4. The van der Waals surface area contributed by atoms with E-state index in [4.69, 9.17) is 14.2 Å². The van der Waals surface area contributed by atoms with Gasteiger partial charge in [-0.15, -0.1) is 0 Å². The van der Waals surface area contributed by atoms with E-state index in [1.165, 1.54) is 0 Å². The first-order chi connectivity index (χ1) is 11.5. The van der Waals surface area contributed by atoms with Crippen LogP contribution in [0, 0.1) is 17.3 Å². The highest BCUT2D eigenvalue weighted by atomic mass is 16.7. The fraction of sp³-hybridized carbons (Fsp3) is 0.850. The molecule has 0 aromatic carbocycles. The molecule has 2 aliphatic heterocycles. The van der Waals surface area contributed by atoms with Crippen molar-refractivity contribution in [3.8, 4) is 0 Å². The van der Waals surface area contributed by atoms with E-state index in [2.05, 4.69) is 13.0 Å². The Morgan fingerprint density at radius 2 is 1.96 bits per heavy atom. The molecule has 4 aliphatic carbocycles. The Morgan fingerprint density at radius 3 is 2.79 bits per heavy atom. The maximum absolute atomic E-state index is 12.5. The number of carbonyl (C=O) groups is 1. The molecule has 6 aliphatic rings. The van der Waals surface area contributed by atoms with Gasteiger partial charge in [-0.25, -0.2) is 0 Å². The van der Waals surface area contributed by atoms with Crippen molar-refractivity contribution in [2.75, 3.05) is 13.2 Å². The predicted octanol–water partition coefficient (Wildman–Crippen LogP) is 3.15. The van der Waals surface area contributed by atoms with Crippen molar-refractivity contribution >= 4 is 5.78 Å². The van der Waals surface area contributed by atoms with Crippen molar-refractivity contribution in [2.24, 2.45) is 17.3 Å². The van der Waals surface area contributed by atoms with Crippen LogP contribution in [0.2, 0.25) is 0 Å². The fourth-order valence-corrected chi connectivity index (χ4v) is 7.11. The van der Waals surface area contributed by atoms with E-state index in [0.29, 0.717) is 17.6 Å². The third kappa shape index (κ3) is 1.47. The zero-order valence-electron chi connectivity index (χ0n) is 14.4. The second-order valence-electron chi connectivity index (χ2n) is 9.20. The van der Waals surface area contributed by atoms with Gasteiger partial charge in [0.05, 0.1) is 13.2 Å². The number of hydrogen-bond acceptors (Lipinski definition) is 4. The highest BCUT2D eigenvalue weighted by Crippen LogP contribution is 2.73. The lowest BCUT2D eigenvalue weighted by atomic mass is 9.54. The average Bonchev–Trinajstić information content (AvgIpc) is 2.88. The molecule has 4 nitrogen and oxygen atoms in total. The van der Waals surface area contributed by atoms with Crippen molar-refractivity contribution < 1.29 is 19.0 Å². The summed E-state index contributed by atoms with van der Waals surface area (Å²) in [7, 11) is 0. The van der Waals surface area contributed by atoms with Gasteiger partial charge in [0.1, 0.15) is 17.0 Å². The van der Waals surface area contributed by atoms with Gasteiger partial charge in [0.2, 0.25) is 0 Å². The maximum atomic E-state index is 12.5. The van der Waals surface area contributed by atoms with Crippen LogP contribution in [-0.4, -0.2) is 36.0 Å². The normalized spacial score (nSPS) is 53.9. The minimum Gasteiger partial charge on any atom is -0.358 e. The number of ether oxygens (including phenoxy) is 3. The number of carbonyl (C=O) groups excluding carboxylic acids is 1. The second kappa shape index (κ2) is 4.16. The zero-order chi connectivity index (χ0) is 16.2. The van der Waals surface area contributed by atoms with E-state index in [1.54, 1.807) is 5.57 Å². The lowest BCUT2D eigenvalue weighted by Gasteiger charge is -2.48. The van der Waals surface area contributed by atoms with E-state index in [1.807, 2.05) is 0 Å². The molecule has 5 fully saturated rings. The quantitative estimate of drug-likeness (QED) is 0.506. The molecule has 0 amide bonds. The SMILES string of the molecule is C[C@@]12CC=C3[C@H](CC[C@@]45CC6(CC[C@@]34O5)OCCO6)[C@@H]1CCC2=O. The van der Waals surface area contributed by atoms with E-state index < -0.39 is 0 Å². The van der Waals surface area contributed by atoms with Gasteiger partial charge in [-0.1, -0.05) is 13.0 Å². The molecule has 24 heavy (non-hydrogen) atoms. The minimum absolute atomic E-state index is 0.0473. The summed E-state index contributed by atoms with van der Waals surface area (Å²) in [6.45, 7) is 3.65. The third-order valence-corrected chi connectivity index (χ3v) is 8.38. The summed E-state index contributed by atoms with van der Waals surface area (Å²) in [6, 6.07) is 0. The van der Waals surface area contributed by atoms with Crippen LogP contribution in [0.1, 0.15) is 58.3 Å². The second-order valence-corrected chi connectivity index (χ2v) is 9.20. The molecule has 0 unspecified atom stereocenters. The summed E-state index contributed by atoms with van der Waals surface area (Å²) < 4.78 is 18.5. The number of rotatable bonds is 0. The Morgan fingerprint density at radius 1 is 1.12 bits per heavy atom. The van der Waals surface area contributed by atoms with Gasteiger partial charge in [-0.2, -0.15) is 0 Å². The number of Topliss-reactive ketones (excluding diaryl/α,β-unsaturated/α-hetero) is 1. The summed E-state index contributed by atoms with van der Waals surface area (Å²) in [5.41, 5.74) is 1.34. The third-order valence-electron chi connectivity index (χ3n) is 8.38. The first-order valence-electron chi connectivity index (χ1n) is 9.75. The van der Waals surface area contributed by atoms with Crippen LogP contribution in [0.15, 0.2) is 11.6 Å². The smallest absolute Gasteiger partial charge is 0.171 e. The Kier molecular flexibility index (Phi) is 2.51. The molecule has 1 spiro atoms. The molecule has 5 atom stereocenters. The van der Waals surface area contributed by atoms with Crippen molar-refractivity contribution in [1.29, 1.82) is 0 Å². The molecule has 2 saturated heterocycles. The molecule has 0 radical (unpaired) electrons. The molecular formula is C20H26O4. The van der Waals surface area contributed by atoms with E-state index >= 15 is 0 Å². The lowest BCUT2D eigenvalue weighted by Crippen LogP contribution is -2.51. The van der Waals surface area contributed by atoms with Crippen molar-refractivity contribution in [3.05, 3.63) is 11.6 Å². The van der Waals surface area contributed by atoms with Crippen molar-refractivity contribution in [1.82, 2.24) is 0 Å². The van der Waals surface area contributed by atoms with Crippen LogP contribution in [0.5, 0.6) is 0 Å². The van der Waals surface area contributed by atoms with Crippen LogP contribution in [-0.2, 0) is 19.0 Å². The molecule has 0 bridgehead atoms. The largest absolute Gasteiger partial charge is 0.358 e. The van der Waals surface area contributed by atoms with Crippen LogP contribution < -0.4 is 0 Å². The number of hydrogen-bond donors (Lipinski definition) is 0. The molecule has 6 rings (SSSR count). The standard InChI is InChI=1S/C20H26O4/c1-17-6-5-15-13(14(17)2-3-16(17)21)4-7-18-12-19(22-10-11-23-19)8-9-20(15,18)24-18/h5,13-14H,2-4,6-12H2,1H3/t13-,14+,17-,18-,20-/m1/s1. The lowest BCUT2D eigenvalue weighted by molar-refractivity contribution is -0.185. The van der Waals surface area contributed by atoms with Crippen LogP contribution in [0.4, 0.5) is 0 Å². The average molecular weight is 330 g/mol. The maximum Gasteiger partial charge on any atom is 0.171 e. The van der Waals surface area contributed by atoms with Crippen molar-refractivity contribution in [3.63, 3.8) is 0 Å². The van der Waals surface area contributed by atoms with Gasteiger partial charge < -0.3 is 14.2 Å². The molecule has 4 heteroatoms. The number of fused-ring (bicyclic) bond motifs is 3. The molecule has 0 N–H and O–H groups in total. The number of epoxide rings is 1. The Hall–Kier alpha value is -0.710. The van der Waals surface area contributed by atoms with Gasteiger partial charge in [0.25, 0.3) is 0 Å². The van der Waals surface area contributed by atoms with Crippen LogP contribution in [0.25, 0.3) is 0 Å². The molecule has 2 heterocycles. The van der Waals surface area contributed by atoms with E-state index in [-0.39, 0.29) is 22.4 Å². The molecule has 0 aromatic heterocycles. The van der Waals surface area contributed by atoms with Crippen molar-refractivity contribution in [2.45, 2.75) is 75.3 Å². The van der Waals surface area contributed by atoms with E-state index in [9.17, 15) is 4.79 Å². The number of ketones is 1. The first kappa shape index (κ1) is 14.5. The van der Waals surface area contributed by atoms with Gasteiger partial charge in [-0.3, -0.25) is 4.79 Å². The molecular weight excluding hydrogens is 304 g/mol. The Bertz CT molecular complexity index is 663. The fourth-order valence-electron chi connectivity index (χ4n) is 7.11. The van der Waals surface area contributed by atoms with Gasteiger partial charge in [0, 0.05) is 24.7 Å². The summed E-state index contributed by atoms with van der Waals surface area (Å²) in [5.74, 6) is 1.21. The van der Waals surface area contributed by atoms with Gasteiger partial charge >= 0.3 is 0 Å². The van der Waals surface area contributed by atoms with E-state index in [0.717, 1.165) is 64.6 Å². The number of allylic oxidation sites excluding steroid dienone is 1. The highest BCUT2D eigenvalue weighted by molar-refractivity contribution is 5.87. The van der Waals surface area contributed by atoms with Gasteiger partial charge in [0.15, 0.2) is 5.79 Å². The van der Waals surface area contributed by atoms with Crippen LogP contribution in [0.3, 0.4) is 0 Å². The summed E-state index contributed by atoms with van der Waals surface area (Å²) in [6.07, 6.45) is 10.3. The van der Waals surface area contributed by atoms with Crippen LogP contribution >= 0.6 is 0 Å². The summed E-state index contributed by atoms with van der Waals surface area (Å²) >= 11 is 0. The molecule has 3 saturated carbocycles. The molecule has 130 valence electrons. The first-order valence-corrected chi connectivity index (χ1v) is 9.75. The predicted molar refractivity (Wildman–Crippen MR) is 86.3 cm³/mol. The monoisotopic (exact) mass is 330 g/mol.